The Labute approximate surface area is 121 Å². The summed E-state index contributed by atoms with van der Waals surface area (Å²) in [5.41, 5.74) is 6.92. The Bertz CT molecular complexity index is 427. The van der Waals surface area contributed by atoms with Gasteiger partial charge >= 0.3 is 5.97 Å². The van der Waals surface area contributed by atoms with Gasteiger partial charge in [0.2, 0.25) is 0 Å². The molecular weight excluding hydrogens is 254 g/mol. The lowest BCUT2D eigenvalue weighted by Crippen LogP contribution is -2.28. The molecule has 0 aromatic carbocycles. The van der Waals surface area contributed by atoms with Crippen molar-refractivity contribution < 1.29 is 9.53 Å². The number of hydrogen-bond donors (Lipinski definition) is 1. The molecule has 0 radical (unpaired) electrons. The molecule has 20 heavy (non-hydrogen) atoms. The van der Waals surface area contributed by atoms with Crippen molar-refractivity contribution in [2.24, 2.45) is 0 Å². The number of anilines is 2. The highest BCUT2D eigenvalue weighted by atomic mass is 16.5. The molecule has 5 nitrogen and oxygen atoms in total. The Morgan fingerprint density at radius 2 is 1.85 bits per heavy atom. The van der Waals surface area contributed by atoms with Gasteiger partial charge in [0, 0.05) is 13.1 Å². The van der Waals surface area contributed by atoms with E-state index >= 15 is 0 Å². The SMILES string of the molecule is CCCCN(CCCC)c1nc(C(=O)OC)ccc1N. The van der Waals surface area contributed by atoms with E-state index in [0.717, 1.165) is 38.8 Å². The van der Waals surface area contributed by atoms with E-state index < -0.39 is 5.97 Å². The number of nitrogens with zero attached hydrogens (tertiary/aromatic N) is 2. The number of aromatic nitrogens is 1. The molecule has 0 amide bonds. The van der Waals surface area contributed by atoms with Gasteiger partial charge in [-0.15, -0.1) is 0 Å². The van der Waals surface area contributed by atoms with Crippen LogP contribution in [-0.2, 0) is 4.74 Å². The Morgan fingerprint density at radius 3 is 2.35 bits per heavy atom. The Kier molecular flexibility index (Phi) is 6.84. The van der Waals surface area contributed by atoms with Gasteiger partial charge in [-0.1, -0.05) is 26.7 Å². The molecule has 1 aromatic heterocycles. The Balaban J connectivity index is 3.00. The summed E-state index contributed by atoms with van der Waals surface area (Å²) < 4.78 is 4.71. The van der Waals surface area contributed by atoms with Crippen LogP contribution in [-0.4, -0.2) is 31.2 Å². The van der Waals surface area contributed by atoms with Crippen LogP contribution in [0.3, 0.4) is 0 Å². The Morgan fingerprint density at radius 1 is 1.25 bits per heavy atom. The van der Waals surface area contributed by atoms with Crippen LogP contribution in [0.15, 0.2) is 12.1 Å². The number of pyridine rings is 1. The summed E-state index contributed by atoms with van der Waals surface area (Å²) in [4.78, 5) is 18.1. The number of carbonyl (C=O) groups excluding carboxylic acids is 1. The van der Waals surface area contributed by atoms with Gasteiger partial charge in [0.05, 0.1) is 12.8 Å². The molecule has 1 aromatic rings. The molecule has 0 spiro atoms. The molecule has 5 heteroatoms. The van der Waals surface area contributed by atoms with Crippen molar-refractivity contribution in [1.82, 2.24) is 4.98 Å². The molecule has 0 saturated carbocycles. The maximum absolute atomic E-state index is 11.6. The van der Waals surface area contributed by atoms with Gasteiger partial charge in [0.25, 0.3) is 0 Å². The van der Waals surface area contributed by atoms with Crippen LogP contribution in [0.5, 0.6) is 0 Å². The van der Waals surface area contributed by atoms with Crippen molar-refractivity contribution >= 4 is 17.5 Å². The van der Waals surface area contributed by atoms with E-state index in [1.165, 1.54) is 7.11 Å². The first-order chi connectivity index (χ1) is 9.63. The zero-order valence-electron chi connectivity index (χ0n) is 12.7. The van der Waals surface area contributed by atoms with Gasteiger partial charge in [0.1, 0.15) is 0 Å². The summed E-state index contributed by atoms with van der Waals surface area (Å²) in [6.07, 6.45) is 4.37. The molecule has 0 fully saturated rings. The summed E-state index contributed by atoms with van der Waals surface area (Å²) in [6.45, 7) is 6.11. The third-order valence-electron chi connectivity index (χ3n) is 3.16. The molecular formula is C15H25N3O2. The van der Waals surface area contributed by atoms with E-state index in [4.69, 9.17) is 10.5 Å². The number of nitrogen functional groups attached to an aromatic ring is 1. The number of methoxy groups -OCH3 is 1. The van der Waals surface area contributed by atoms with E-state index in [1.807, 2.05) is 0 Å². The summed E-state index contributed by atoms with van der Waals surface area (Å²) >= 11 is 0. The first-order valence-electron chi connectivity index (χ1n) is 7.23. The molecule has 0 aliphatic heterocycles. The highest BCUT2D eigenvalue weighted by Crippen LogP contribution is 2.22. The lowest BCUT2D eigenvalue weighted by Gasteiger charge is -2.25. The standard InChI is InChI=1S/C15H25N3O2/c1-4-6-10-18(11-7-5-2)14-12(16)8-9-13(17-14)15(19)20-3/h8-9H,4-7,10-11,16H2,1-3H3. The molecule has 0 aliphatic rings. The minimum Gasteiger partial charge on any atom is -0.464 e. The average Bonchev–Trinajstić information content (AvgIpc) is 2.47. The fourth-order valence-electron chi connectivity index (χ4n) is 1.95. The molecule has 0 unspecified atom stereocenters. The minimum atomic E-state index is -0.433. The number of carbonyl (C=O) groups is 1. The quantitative estimate of drug-likeness (QED) is 0.741. The second-order valence-electron chi connectivity index (χ2n) is 4.80. The smallest absolute Gasteiger partial charge is 0.356 e. The monoisotopic (exact) mass is 279 g/mol. The molecule has 2 N–H and O–H groups in total. The van der Waals surface area contributed by atoms with Crippen LogP contribution in [0.2, 0.25) is 0 Å². The van der Waals surface area contributed by atoms with Gasteiger partial charge in [-0.2, -0.15) is 0 Å². The van der Waals surface area contributed by atoms with E-state index in [-0.39, 0.29) is 0 Å². The normalized spacial score (nSPS) is 10.3. The molecule has 1 rings (SSSR count). The van der Waals surface area contributed by atoms with Crippen molar-refractivity contribution in [3.05, 3.63) is 17.8 Å². The number of hydrogen-bond acceptors (Lipinski definition) is 5. The predicted octanol–water partition coefficient (Wildman–Crippen LogP) is 2.86. The Hall–Kier alpha value is -1.78. The van der Waals surface area contributed by atoms with Crippen LogP contribution >= 0.6 is 0 Å². The summed E-state index contributed by atoms with van der Waals surface area (Å²) in [7, 11) is 1.35. The second-order valence-corrected chi connectivity index (χ2v) is 4.80. The number of nitrogens with two attached hydrogens (primary N) is 1. The second kappa shape index (κ2) is 8.40. The summed E-state index contributed by atoms with van der Waals surface area (Å²) in [6, 6.07) is 3.32. The van der Waals surface area contributed by atoms with Gasteiger partial charge < -0.3 is 15.4 Å². The van der Waals surface area contributed by atoms with Gasteiger partial charge in [-0.3, -0.25) is 0 Å². The van der Waals surface area contributed by atoms with Crippen molar-refractivity contribution in [2.75, 3.05) is 30.8 Å². The molecule has 0 saturated heterocycles. The van der Waals surface area contributed by atoms with Crippen molar-refractivity contribution in [3.8, 4) is 0 Å². The highest BCUT2D eigenvalue weighted by Gasteiger charge is 2.15. The predicted molar refractivity (Wildman–Crippen MR) is 82.0 cm³/mol. The average molecular weight is 279 g/mol. The first kappa shape index (κ1) is 16.3. The van der Waals surface area contributed by atoms with Crippen LogP contribution in [0.25, 0.3) is 0 Å². The van der Waals surface area contributed by atoms with Gasteiger partial charge in [-0.05, 0) is 25.0 Å². The van der Waals surface area contributed by atoms with Crippen molar-refractivity contribution in [2.45, 2.75) is 39.5 Å². The zero-order chi connectivity index (χ0) is 15.0. The summed E-state index contributed by atoms with van der Waals surface area (Å²) in [5.74, 6) is 0.256. The van der Waals surface area contributed by atoms with Crippen LogP contribution < -0.4 is 10.6 Å². The third-order valence-corrected chi connectivity index (χ3v) is 3.16. The van der Waals surface area contributed by atoms with E-state index in [0.29, 0.717) is 17.2 Å². The van der Waals surface area contributed by atoms with Crippen molar-refractivity contribution in [3.63, 3.8) is 0 Å². The van der Waals surface area contributed by atoms with E-state index in [9.17, 15) is 4.79 Å². The lowest BCUT2D eigenvalue weighted by atomic mass is 10.2. The number of ether oxygens (including phenoxy) is 1. The van der Waals surface area contributed by atoms with Gasteiger partial charge in [-0.25, -0.2) is 9.78 Å². The third kappa shape index (κ3) is 4.40. The largest absolute Gasteiger partial charge is 0.464 e. The molecule has 1 heterocycles. The minimum absolute atomic E-state index is 0.301. The maximum Gasteiger partial charge on any atom is 0.356 e. The number of esters is 1. The highest BCUT2D eigenvalue weighted by molar-refractivity contribution is 5.88. The van der Waals surface area contributed by atoms with Crippen LogP contribution in [0.4, 0.5) is 11.5 Å². The maximum atomic E-state index is 11.6. The molecule has 0 bridgehead atoms. The van der Waals surface area contributed by atoms with Crippen molar-refractivity contribution in [1.29, 1.82) is 0 Å². The van der Waals surface area contributed by atoms with Gasteiger partial charge in [0.15, 0.2) is 11.5 Å². The zero-order valence-corrected chi connectivity index (χ0v) is 12.7. The fraction of sp³-hybridized carbons (Fsp3) is 0.600. The topological polar surface area (TPSA) is 68.5 Å². The van der Waals surface area contributed by atoms with Crippen LogP contribution in [0, 0.1) is 0 Å². The van der Waals surface area contributed by atoms with Crippen LogP contribution in [0.1, 0.15) is 50.0 Å². The molecule has 112 valence electrons. The fourth-order valence-corrected chi connectivity index (χ4v) is 1.95. The first-order valence-corrected chi connectivity index (χ1v) is 7.23. The lowest BCUT2D eigenvalue weighted by molar-refractivity contribution is 0.0594. The van der Waals surface area contributed by atoms with E-state index in [2.05, 4.69) is 23.7 Å². The number of unbranched alkanes of at least 4 members (excludes halogenated alkanes) is 2. The summed E-state index contributed by atoms with van der Waals surface area (Å²) in [5, 5.41) is 0. The van der Waals surface area contributed by atoms with E-state index in [1.54, 1.807) is 12.1 Å². The number of rotatable bonds is 8. The molecule has 0 atom stereocenters. The molecule has 0 aliphatic carbocycles.